The number of para-hydroxylation sites is 1. The van der Waals surface area contributed by atoms with Crippen molar-refractivity contribution < 1.29 is 19.1 Å². The predicted molar refractivity (Wildman–Crippen MR) is 94.1 cm³/mol. The summed E-state index contributed by atoms with van der Waals surface area (Å²) in [7, 11) is 0. The smallest absolute Gasteiger partial charge is 0.251 e. The van der Waals surface area contributed by atoms with Gasteiger partial charge in [-0.15, -0.1) is 0 Å². The van der Waals surface area contributed by atoms with Gasteiger partial charge in [0.15, 0.2) is 11.6 Å². The molecular weight excluding hydrogens is 323 g/mol. The Kier molecular flexibility index (Phi) is 5.41. The molecule has 2 aromatic carbocycles. The molecule has 0 fully saturated rings. The van der Waals surface area contributed by atoms with Gasteiger partial charge in [0.05, 0.1) is 6.42 Å². The third-order valence-corrected chi connectivity index (χ3v) is 3.32. The highest BCUT2D eigenvalue weighted by Gasteiger charge is 2.16. The first-order chi connectivity index (χ1) is 11.7. The average Bonchev–Trinajstić information content (AvgIpc) is 2.50. The summed E-state index contributed by atoms with van der Waals surface area (Å²) in [4.78, 5) is 24.3. The molecule has 0 aromatic heterocycles. The maximum Gasteiger partial charge on any atom is 0.251 e. The first kappa shape index (κ1) is 18.4. The Morgan fingerprint density at radius 3 is 2.48 bits per heavy atom. The molecule has 0 aliphatic heterocycles. The molecule has 2 rings (SSSR count). The summed E-state index contributed by atoms with van der Waals surface area (Å²) in [5.74, 6) is -1.97. The number of benzene rings is 2. The van der Waals surface area contributed by atoms with Crippen LogP contribution in [0, 0.1) is 5.82 Å². The van der Waals surface area contributed by atoms with Crippen molar-refractivity contribution in [3.8, 4) is 5.75 Å². The van der Waals surface area contributed by atoms with Crippen LogP contribution in [0.2, 0.25) is 0 Å². The van der Waals surface area contributed by atoms with E-state index in [1.54, 1.807) is 24.3 Å². The zero-order valence-electron chi connectivity index (χ0n) is 14.4. The van der Waals surface area contributed by atoms with Crippen LogP contribution in [-0.2, 0) is 11.2 Å². The minimum Gasteiger partial charge on any atom is -0.505 e. The number of phenolic OH excluding ortho intramolecular Hbond substituents is 1. The molecule has 0 atom stereocenters. The Balaban J connectivity index is 2.07. The van der Waals surface area contributed by atoms with Gasteiger partial charge in [-0.1, -0.05) is 18.2 Å². The van der Waals surface area contributed by atoms with Crippen molar-refractivity contribution >= 4 is 17.5 Å². The van der Waals surface area contributed by atoms with Crippen LogP contribution in [0.4, 0.5) is 10.1 Å². The van der Waals surface area contributed by atoms with Crippen LogP contribution in [0.15, 0.2) is 42.5 Å². The van der Waals surface area contributed by atoms with Gasteiger partial charge in [-0.05, 0) is 45.0 Å². The third-order valence-electron chi connectivity index (χ3n) is 3.32. The molecule has 0 spiro atoms. The number of anilines is 1. The topological polar surface area (TPSA) is 78.4 Å². The summed E-state index contributed by atoms with van der Waals surface area (Å²) in [5.41, 5.74) is 0.688. The van der Waals surface area contributed by atoms with E-state index in [0.717, 1.165) is 6.07 Å². The van der Waals surface area contributed by atoms with E-state index < -0.39 is 17.5 Å². The fourth-order valence-electron chi connectivity index (χ4n) is 2.23. The molecule has 0 bridgehead atoms. The van der Waals surface area contributed by atoms with Crippen LogP contribution in [0.25, 0.3) is 0 Å². The summed E-state index contributed by atoms with van der Waals surface area (Å²) in [5, 5.41) is 15.1. The standard InChI is InChI=1S/C19H21FN2O3/c1-19(2,3)22-18(25)13-7-4-8-14(10-13)21-16(23)11-12-6-5-9-15(20)17(12)24/h4-10,24H,11H2,1-3H3,(H,21,23)(H,22,25). The lowest BCUT2D eigenvalue weighted by Gasteiger charge is -2.20. The molecule has 132 valence electrons. The predicted octanol–water partition coefficient (Wildman–Crippen LogP) is 3.24. The molecule has 0 saturated heterocycles. The summed E-state index contributed by atoms with van der Waals surface area (Å²) >= 11 is 0. The number of phenols is 1. The lowest BCUT2D eigenvalue weighted by atomic mass is 10.1. The van der Waals surface area contributed by atoms with Crippen molar-refractivity contribution in [2.75, 3.05) is 5.32 Å². The fraction of sp³-hybridized carbons (Fsp3) is 0.263. The maximum absolute atomic E-state index is 13.3. The normalized spacial score (nSPS) is 11.0. The minimum atomic E-state index is -0.772. The molecule has 2 aromatic rings. The van der Waals surface area contributed by atoms with Crippen LogP contribution >= 0.6 is 0 Å². The number of carbonyl (C=O) groups excluding carboxylic acids is 2. The minimum absolute atomic E-state index is 0.179. The van der Waals surface area contributed by atoms with Gasteiger partial charge in [0.2, 0.25) is 5.91 Å². The van der Waals surface area contributed by atoms with E-state index in [4.69, 9.17) is 0 Å². The molecule has 0 radical (unpaired) electrons. The fourth-order valence-corrected chi connectivity index (χ4v) is 2.23. The third kappa shape index (κ3) is 5.31. The largest absolute Gasteiger partial charge is 0.505 e. The highest BCUT2D eigenvalue weighted by atomic mass is 19.1. The van der Waals surface area contributed by atoms with Crippen molar-refractivity contribution in [2.45, 2.75) is 32.7 Å². The summed E-state index contributed by atoms with van der Waals surface area (Å²) in [6, 6.07) is 10.5. The lowest BCUT2D eigenvalue weighted by molar-refractivity contribution is -0.115. The molecule has 6 heteroatoms. The Bertz CT molecular complexity index is 797. The zero-order valence-corrected chi connectivity index (χ0v) is 14.4. The zero-order chi connectivity index (χ0) is 18.6. The van der Waals surface area contributed by atoms with Crippen LogP contribution in [0.1, 0.15) is 36.7 Å². The second-order valence-corrected chi connectivity index (χ2v) is 6.76. The summed E-state index contributed by atoms with van der Waals surface area (Å²) < 4.78 is 13.3. The quantitative estimate of drug-likeness (QED) is 0.797. The second kappa shape index (κ2) is 7.34. The summed E-state index contributed by atoms with van der Waals surface area (Å²) in [6.07, 6.45) is -0.179. The number of nitrogens with one attached hydrogen (secondary N) is 2. The Hall–Kier alpha value is -2.89. The monoisotopic (exact) mass is 344 g/mol. The van der Waals surface area contributed by atoms with E-state index in [1.807, 2.05) is 20.8 Å². The molecule has 2 amide bonds. The highest BCUT2D eigenvalue weighted by Crippen LogP contribution is 2.21. The molecule has 0 aliphatic rings. The number of carbonyl (C=O) groups is 2. The van der Waals surface area contributed by atoms with Gasteiger partial charge in [0, 0.05) is 22.4 Å². The first-order valence-corrected chi connectivity index (χ1v) is 7.84. The van der Waals surface area contributed by atoms with E-state index >= 15 is 0 Å². The highest BCUT2D eigenvalue weighted by molar-refractivity contribution is 5.98. The number of amides is 2. The van der Waals surface area contributed by atoms with Crippen LogP contribution in [0.5, 0.6) is 5.75 Å². The van der Waals surface area contributed by atoms with Gasteiger partial charge in [-0.2, -0.15) is 0 Å². The number of aromatic hydroxyl groups is 1. The van der Waals surface area contributed by atoms with E-state index in [0.29, 0.717) is 11.3 Å². The van der Waals surface area contributed by atoms with Crippen LogP contribution in [0.3, 0.4) is 0 Å². The first-order valence-electron chi connectivity index (χ1n) is 7.84. The van der Waals surface area contributed by atoms with Crippen molar-refractivity contribution in [3.05, 3.63) is 59.4 Å². The molecule has 0 heterocycles. The van der Waals surface area contributed by atoms with Gasteiger partial charge in [-0.3, -0.25) is 9.59 Å². The molecule has 0 aliphatic carbocycles. The van der Waals surface area contributed by atoms with E-state index in [1.165, 1.54) is 12.1 Å². The number of halogens is 1. The summed E-state index contributed by atoms with van der Waals surface area (Å²) in [6.45, 7) is 5.63. The van der Waals surface area contributed by atoms with Gasteiger partial charge in [-0.25, -0.2) is 4.39 Å². The van der Waals surface area contributed by atoms with Crippen molar-refractivity contribution in [2.24, 2.45) is 0 Å². The molecular formula is C19H21FN2O3. The van der Waals surface area contributed by atoms with Gasteiger partial charge in [0.1, 0.15) is 0 Å². The second-order valence-electron chi connectivity index (χ2n) is 6.76. The van der Waals surface area contributed by atoms with Gasteiger partial charge in [0.25, 0.3) is 5.91 Å². The Morgan fingerprint density at radius 1 is 1.12 bits per heavy atom. The van der Waals surface area contributed by atoms with Gasteiger partial charge < -0.3 is 15.7 Å². The van der Waals surface area contributed by atoms with Gasteiger partial charge >= 0.3 is 0 Å². The molecule has 5 nitrogen and oxygen atoms in total. The van der Waals surface area contributed by atoms with Crippen molar-refractivity contribution in [1.29, 1.82) is 0 Å². The van der Waals surface area contributed by atoms with Crippen LogP contribution < -0.4 is 10.6 Å². The van der Waals surface area contributed by atoms with E-state index in [9.17, 15) is 19.1 Å². The van der Waals surface area contributed by atoms with Crippen molar-refractivity contribution in [1.82, 2.24) is 5.32 Å². The Morgan fingerprint density at radius 2 is 1.80 bits per heavy atom. The van der Waals surface area contributed by atoms with E-state index in [-0.39, 0.29) is 23.4 Å². The SMILES string of the molecule is CC(C)(C)NC(=O)c1cccc(NC(=O)Cc2cccc(F)c2O)c1. The maximum atomic E-state index is 13.3. The molecule has 3 N–H and O–H groups in total. The molecule has 0 unspecified atom stereocenters. The van der Waals surface area contributed by atoms with E-state index in [2.05, 4.69) is 10.6 Å². The van der Waals surface area contributed by atoms with Crippen molar-refractivity contribution in [3.63, 3.8) is 0 Å². The average molecular weight is 344 g/mol. The number of hydrogen-bond donors (Lipinski definition) is 3. The molecule has 0 saturated carbocycles. The number of hydrogen-bond acceptors (Lipinski definition) is 3. The Labute approximate surface area is 145 Å². The lowest BCUT2D eigenvalue weighted by Crippen LogP contribution is -2.40. The number of rotatable bonds is 4. The molecule has 25 heavy (non-hydrogen) atoms. The van der Waals surface area contributed by atoms with Crippen LogP contribution in [-0.4, -0.2) is 22.5 Å².